The number of fused-ring (bicyclic) bond motifs is 2. The van der Waals surface area contributed by atoms with Crippen molar-refractivity contribution in [3.63, 3.8) is 0 Å². The van der Waals surface area contributed by atoms with E-state index in [1.807, 2.05) is 18.2 Å². The zero-order valence-corrected chi connectivity index (χ0v) is 13.0. The summed E-state index contributed by atoms with van der Waals surface area (Å²) in [5.74, 6) is -1.07. The second-order valence-electron chi connectivity index (χ2n) is 4.83. The van der Waals surface area contributed by atoms with Crippen LogP contribution in [0.3, 0.4) is 0 Å². The van der Waals surface area contributed by atoms with Crippen molar-refractivity contribution in [3.8, 4) is 5.75 Å². The zero-order chi connectivity index (χ0) is 16.0. The smallest absolute Gasteiger partial charge is 0.211 e. The van der Waals surface area contributed by atoms with E-state index in [4.69, 9.17) is 11.6 Å². The number of hydrogen-bond acceptors (Lipinski definition) is 6. The van der Waals surface area contributed by atoms with Crippen LogP contribution in [-0.4, -0.2) is 21.3 Å². The van der Waals surface area contributed by atoms with Crippen molar-refractivity contribution in [1.82, 2.24) is 14.9 Å². The number of rotatable bonds is 1. The summed E-state index contributed by atoms with van der Waals surface area (Å²) in [5.41, 5.74) is 1.84. The highest BCUT2D eigenvalue weighted by Crippen LogP contribution is 2.43. The first-order chi connectivity index (χ1) is 11.1. The molecule has 116 valence electrons. The fraction of sp³-hybridized carbons (Fsp3) is 0. The molecule has 0 saturated heterocycles. The number of aromatic amines is 1. The summed E-state index contributed by atoms with van der Waals surface area (Å²) in [5, 5.41) is 20.6. The first-order valence-electron chi connectivity index (χ1n) is 6.54. The van der Waals surface area contributed by atoms with E-state index in [1.54, 1.807) is 6.20 Å². The summed E-state index contributed by atoms with van der Waals surface area (Å²) >= 11 is 6.90. The number of aromatic hydroxyl groups is 1. The van der Waals surface area contributed by atoms with Gasteiger partial charge in [-0.3, -0.25) is 9.82 Å². The number of nitrogens with zero attached hydrogens (tertiary/aromatic N) is 2. The predicted molar refractivity (Wildman–Crippen MR) is 88.9 cm³/mol. The average molecular weight is 350 g/mol. The molecule has 0 radical (unpaired) electrons. The maximum atomic E-state index is 13.7. The fourth-order valence-corrected chi connectivity index (χ4v) is 3.20. The Morgan fingerprint density at radius 2 is 2.17 bits per heavy atom. The van der Waals surface area contributed by atoms with E-state index in [2.05, 4.69) is 25.2 Å². The van der Waals surface area contributed by atoms with Crippen LogP contribution in [0.1, 0.15) is 0 Å². The Hall–Kier alpha value is -2.45. The quantitative estimate of drug-likeness (QED) is 0.502. The number of benzene rings is 2. The summed E-state index contributed by atoms with van der Waals surface area (Å²) in [6.07, 6.45) is 1.71. The third-order valence-corrected chi connectivity index (χ3v) is 4.42. The SMILES string of the molecule is Oc1c(F)c(Cl)cc2c1N=C(Nc1ccc3[nH]ncc3c1)NS2. The Bertz CT molecular complexity index is 958. The molecule has 0 spiro atoms. The van der Waals surface area contributed by atoms with E-state index in [-0.39, 0.29) is 10.7 Å². The van der Waals surface area contributed by atoms with Gasteiger partial charge in [0.15, 0.2) is 11.6 Å². The molecular weight excluding hydrogens is 341 g/mol. The first-order valence-corrected chi connectivity index (χ1v) is 7.74. The van der Waals surface area contributed by atoms with Crippen LogP contribution in [0.4, 0.5) is 15.8 Å². The number of phenols is 1. The summed E-state index contributed by atoms with van der Waals surface area (Å²) in [4.78, 5) is 4.76. The third kappa shape index (κ3) is 2.45. The highest BCUT2D eigenvalue weighted by atomic mass is 35.5. The molecule has 0 fully saturated rings. The minimum Gasteiger partial charge on any atom is -0.503 e. The van der Waals surface area contributed by atoms with E-state index in [9.17, 15) is 9.50 Å². The molecule has 0 bridgehead atoms. The van der Waals surface area contributed by atoms with Gasteiger partial charge >= 0.3 is 0 Å². The molecule has 1 aromatic heterocycles. The van der Waals surface area contributed by atoms with Gasteiger partial charge in [-0.2, -0.15) is 5.10 Å². The van der Waals surface area contributed by atoms with Gasteiger partial charge in [0.2, 0.25) is 5.96 Å². The van der Waals surface area contributed by atoms with Crippen LogP contribution in [-0.2, 0) is 0 Å². The van der Waals surface area contributed by atoms with Crippen molar-refractivity contribution in [3.05, 3.63) is 41.3 Å². The van der Waals surface area contributed by atoms with Gasteiger partial charge in [-0.15, -0.1) is 0 Å². The molecular formula is C14H9ClFN5OS. The Labute approximate surface area is 138 Å². The topological polar surface area (TPSA) is 85.3 Å². The van der Waals surface area contributed by atoms with Crippen molar-refractivity contribution in [2.45, 2.75) is 4.90 Å². The second-order valence-corrected chi connectivity index (χ2v) is 6.08. The predicted octanol–water partition coefficient (Wildman–Crippen LogP) is 3.77. The number of phenolic OH excluding ortho intramolecular Hbond substituents is 1. The zero-order valence-electron chi connectivity index (χ0n) is 11.4. The van der Waals surface area contributed by atoms with Crippen molar-refractivity contribution < 1.29 is 9.50 Å². The molecule has 2 aromatic carbocycles. The lowest BCUT2D eigenvalue weighted by atomic mass is 10.2. The van der Waals surface area contributed by atoms with Gasteiger partial charge in [-0.25, -0.2) is 9.38 Å². The van der Waals surface area contributed by atoms with E-state index >= 15 is 0 Å². The molecule has 6 nitrogen and oxygen atoms in total. The Morgan fingerprint density at radius 1 is 1.30 bits per heavy atom. The molecule has 9 heteroatoms. The van der Waals surface area contributed by atoms with Crippen LogP contribution in [0, 0.1) is 5.82 Å². The molecule has 0 aliphatic carbocycles. The van der Waals surface area contributed by atoms with Gasteiger partial charge in [-0.1, -0.05) is 11.6 Å². The van der Waals surface area contributed by atoms with Crippen LogP contribution in [0.15, 0.2) is 40.4 Å². The molecule has 0 unspecified atom stereocenters. The van der Waals surface area contributed by atoms with Gasteiger partial charge in [0, 0.05) is 11.1 Å². The van der Waals surface area contributed by atoms with Crippen molar-refractivity contribution in [2.75, 3.05) is 5.32 Å². The van der Waals surface area contributed by atoms with Gasteiger partial charge in [-0.05, 0) is 36.2 Å². The Balaban J connectivity index is 1.69. The lowest BCUT2D eigenvalue weighted by Gasteiger charge is -2.19. The van der Waals surface area contributed by atoms with Gasteiger partial charge in [0.25, 0.3) is 0 Å². The highest BCUT2D eigenvalue weighted by molar-refractivity contribution is 7.98. The number of H-pyrrole nitrogens is 1. The van der Waals surface area contributed by atoms with Gasteiger partial charge in [0.1, 0.15) is 5.69 Å². The van der Waals surface area contributed by atoms with Crippen LogP contribution in [0.25, 0.3) is 10.9 Å². The normalized spacial score (nSPS) is 13.4. The van der Waals surface area contributed by atoms with Crippen LogP contribution >= 0.6 is 23.5 Å². The van der Waals surface area contributed by atoms with Crippen LogP contribution < -0.4 is 10.0 Å². The monoisotopic (exact) mass is 349 g/mol. The van der Waals surface area contributed by atoms with E-state index in [1.165, 1.54) is 18.0 Å². The van der Waals surface area contributed by atoms with E-state index in [0.717, 1.165) is 16.6 Å². The maximum absolute atomic E-state index is 13.7. The fourth-order valence-electron chi connectivity index (χ4n) is 2.22. The molecule has 0 amide bonds. The molecule has 3 aromatic rings. The number of halogens is 2. The van der Waals surface area contributed by atoms with Crippen molar-refractivity contribution in [2.24, 2.45) is 4.99 Å². The average Bonchev–Trinajstić information content (AvgIpc) is 3.01. The summed E-state index contributed by atoms with van der Waals surface area (Å²) < 4.78 is 16.7. The van der Waals surface area contributed by atoms with Crippen LogP contribution in [0.5, 0.6) is 5.75 Å². The number of aliphatic imine (C=N–C) groups is 1. The minimum atomic E-state index is -0.879. The third-order valence-electron chi connectivity index (χ3n) is 3.32. The molecule has 0 atom stereocenters. The molecule has 2 heterocycles. The van der Waals surface area contributed by atoms with Crippen molar-refractivity contribution >= 4 is 51.8 Å². The van der Waals surface area contributed by atoms with Gasteiger partial charge < -0.3 is 10.4 Å². The number of hydrogen-bond donors (Lipinski definition) is 4. The lowest BCUT2D eigenvalue weighted by Crippen LogP contribution is -2.26. The standard InChI is InChI=1S/C14H9ClFN5OS/c15-8-4-10-12(13(22)11(8)16)19-14(21-23-10)18-7-1-2-9-6(3-7)5-17-20-9/h1-5,22H,(H,17,20)(H2,18,19,21). The van der Waals surface area contributed by atoms with E-state index in [0.29, 0.717) is 10.9 Å². The molecule has 1 aliphatic heterocycles. The van der Waals surface area contributed by atoms with Crippen LogP contribution in [0.2, 0.25) is 5.02 Å². The van der Waals surface area contributed by atoms with Gasteiger partial charge in [0.05, 0.1) is 21.6 Å². The molecule has 1 aliphatic rings. The number of nitrogens with one attached hydrogen (secondary N) is 3. The summed E-state index contributed by atoms with van der Waals surface area (Å²) in [6, 6.07) is 7.05. The molecule has 4 rings (SSSR count). The second kappa shape index (κ2) is 5.32. The largest absolute Gasteiger partial charge is 0.503 e. The molecule has 4 N–H and O–H groups in total. The molecule has 0 saturated carbocycles. The maximum Gasteiger partial charge on any atom is 0.211 e. The number of guanidine groups is 1. The number of aromatic nitrogens is 2. The lowest BCUT2D eigenvalue weighted by molar-refractivity contribution is 0.432. The summed E-state index contributed by atoms with van der Waals surface area (Å²) in [6.45, 7) is 0. The van der Waals surface area contributed by atoms with E-state index < -0.39 is 11.6 Å². The Kier molecular flexibility index (Phi) is 3.28. The summed E-state index contributed by atoms with van der Waals surface area (Å²) in [7, 11) is 0. The first kappa shape index (κ1) is 14.2. The van der Waals surface area contributed by atoms with Crippen molar-refractivity contribution in [1.29, 1.82) is 0 Å². The highest BCUT2D eigenvalue weighted by Gasteiger charge is 2.21. The molecule has 23 heavy (non-hydrogen) atoms. The minimum absolute atomic E-state index is 0.141. The Morgan fingerprint density at radius 3 is 3.04 bits per heavy atom. The number of anilines is 1.